The summed E-state index contributed by atoms with van der Waals surface area (Å²) >= 11 is 3.30. The van der Waals surface area contributed by atoms with Crippen molar-refractivity contribution < 1.29 is 19.8 Å². The van der Waals surface area contributed by atoms with Crippen molar-refractivity contribution in [3.8, 4) is 5.75 Å². The van der Waals surface area contributed by atoms with E-state index in [1.807, 2.05) is 6.92 Å². The lowest BCUT2D eigenvalue weighted by molar-refractivity contribution is -0.121. The Balaban J connectivity index is 2.64. The van der Waals surface area contributed by atoms with Gasteiger partial charge in [-0.25, -0.2) is 0 Å². The average Bonchev–Trinajstić information content (AvgIpc) is 2.40. The van der Waals surface area contributed by atoms with Gasteiger partial charge in [0.05, 0.1) is 12.2 Å². The van der Waals surface area contributed by atoms with Crippen LogP contribution in [0.2, 0.25) is 0 Å². The zero-order valence-corrected chi connectivity index (χ0v) is 13.0. The SMILES string of the molecule is Cc1cc(O)c(C(=O)CCC(=O)N[C@@H](C)CO)cc1Br. The molecule has 0 aromatic heterocycles. The van der Waals surface area contributed by atoms with E-state index in [0.717, 1.165) is 10.0 Å². The van der Waals surface area contributed by atoms with E-state index in [9.17, 15) is 14.7 Å². The molecule has 1 amide bonds. The Bertz CT molecular complexity index is 516. The lowest BCUT2D eigenvalue weighted by atomic mass is 10.0. The molecule has 0 aliphatic carbocycles. The van der Waals surface area contributed by atoms with Crippen LogP contribution >= 0.6 is 15.9 Å². The molecule has 1 rings (SSSR count). The summed E-state index contributed by atoms with van der Waals surface area (Å²) in [6.07, 6.45) is 0.0289. The molecule has 0 saturated carbocycles. The first-order valence-electron chi connectivity index (χ1n) is 6.27. The van der Waals surface area contributed by atoms with Gasteiger partial charge in [-0.1, -0.05) is 15.9 Å². The Morgan fingerprint density at radius 1 is 1.35 bits per heavy atom. The predicted octanol–water partition coefficient (Wildman–Crippen LogP) is 1.92. The Morgan fingerprint density at radius 3 is 2.60 bits per heavy atom. The highest BCUT2D eigenvalue weighted by molar-refractivity contribution is 9.10. The quantitative estimate of drug-likeness (QED) is 0.688. The predicted molar refractivity (Wildman–Crippen MR) is 78.8 cm³/mol. The van der Waals surface area contributed by atoms with Gasteiger partial charge in [0.15, 0.2) is 5.78 Å². The van der Waals surface area contributed by atoms with Gasteiger partial charge in [-0.05, 0) is 31.5 Å². The largest absolute Gasteiger partial charge is 0.507 e. The number of ketones is 1. The van der Waals surface area contributed by atoms with Crippen molar-refractivity contribution in [2.45, 2.75) is 32.7 Å². The molecule has 0 fully saturated rings. The second-order valence-electron chi connectivity index (χ2n) is 4.69. The van der Waals surface area contributed by atoms with Gasteiger partial charge >= 0.3 is 0 Å². The molecule has 0 saturated heterocycles. The second kappa shape index (κ2) is 7.40. The zero-order valence-electron chi connectivity index (χ0n) is 11.4. The van der Waals surface area contributed by atoms with E-state index in [1.54, 1.807) is 13.0 Å². The molecular weight excluding hydrogens is 326 g/mol. The molecule has 0 unspecified atom stereocenters. The summed E-state index contributed by atoms with van der Waals surface area (Å²) in [5.74, 6) is -0.680. The maximum absolute atomic E-state index is 12.0. The number of halogens is 1. The van der Waals surface area contributed by atoms with E-state index < -0.39 is 0 Å². The standard InChI is InChI=1S/C14H18BrNO4/c1-8-5-13(19)10(6-11(8)15)12(18)3-4-14(20)16-9(2)7-17/h5-6,9,17,19H,3-4,7H2,1-2H3,(H,16,20)/t9-/m0/s1. The summed E-state index contributed by atoms with van der Waals surface area (Å²) in [7, 11) is 0. The number of rotatable bonds is 6. The number of phenolic OH excluding ortho intramolecular Hbond substituents is 1. The maximum atomic E-state index is 12.0. The van der Waals surface area contributed by atoms with Crippen molar-refractivity contribution in [3.05, 3.63) is 27.7 Å². The topological polar surface area (TPSA) is 86.6 Å². The first kappa shape index (κ1) is 16.7. The molecule has 0 radical (unpaired) electrons. The van der Waals surface area contributed by atoms with Crippen LogP contribution in [0.3, 0.4) is 0 Å². The number of aliphatic hydroxyl groups excluding tert-OH is 1. The summed E-state index contributed by atoms with van der Waals surface area (Å²) in [4.78, 5) is 23.5. The molecule has 1 aromatic rings. The number of aliphatic hydroxyl groups is 1. The first-order valence-corrected chi connectivity index (χ1v) is 7.07. The van der Waals surface area contributed by atoms with Gasteiger partial charge in [0, 0.05) is 23.4 Å². The molecular formula is C14H18BrNO4. The van der Waals surface area contributed by atoms with Gasteiger partial charge in [0.2, 0.25) is 5.91 Å². The smallest absolute Gasteiger partial charge is 0.220 e. The third kappa shape index (κ3) is 4.61. The van der Waals surface area contributed by atoms with Crippen LogP contribution in [0.15, 0.2) is 16.6 Å². The van der Waals surface area contributed by atoms with E-state index in [0.29, 0.717) is 0 Å². The lowest BCUT2D eigenvalue weighted by Crippen LogP contribution is -2.35. The minimum atomic E-state index is -0.334. The fourth-order valence-corrected chi connectivity index (χ4v) is 1.99. The maximum Gasteiger partial charge on any atom is 0.220 e. The van der Waals surface area contributed by atoms with Crippen LogP contribution in [0.5, 0.6) is 5.75 Å². The Morgan fingerprint density at radius 2 is 2.00 bits per heavy atom. The van der Waals surface area contributed by atoms with E-state index in [2.05, 4.69) is 21.2 Å². The van der Waals surface area contributed by atoms with Crippen molar-refractivity contribution in [1.82, 2.24) is 5.32 Å². The Hall–Kier alpha value is -1.40. The van der Waals surface area contributed by atoms with E-state index in [4.69, 9.17) is 5.11 Å². The summed E-state index contributed by atoms with van der Waals surface area (Å²) in [6, 6.07) is 2.73. The van der Waals surface area contributed by atoms with Gasteiger partial charge in [-0.2, -0.15) is 0 Å². The molecule has 110 valence electrons. The third-order valence-electron chi connectivity index (χ3n) is 2.84. The molecule has 3 N–H and O–H groups in total. The van der Waals surface area contributed by atoms with Crippen LogP contribution in [0.1, 0.15) is 35.7 Å². The first-order chi connectivity index (χ1) is 9.35. The number of aryl methyl sites for hydroxylation is 1. The van der Waals surface area contributed by atoms with Crippen LogP contribution in [0.4, 0.5) is 0 Å². The van der Waals surface area contributed by atoms with E-state index in [-0.39, 0.29) is 48.5 Å². The molecule has 0 bridgehead atoms. The monoisotopic (exact) mass is 343 g/mol. The van der Waals surface area contributed by atoms with Crippen molar-refractivity contribution >= 4 is 27.6 Å². The average molecular weight is 344 g/mol. The highest BCUT2D eigenvalue weighted by Crippen LogP contribution is 2.27. The van der Waals surface area contributed by atoms with Crippen LogP contribution in [0, 0.1) is 6.92 Å². The van der Waals surface area contributed by atoms with Crippen molar-refractivity contribution in [2.24, 2.45) is 0 Å². The number of carbonyl (C=O) groups is 2. The summed E-state index contributed by atoms with van der Waals surface area (Å²) in [5, 5.41) is 21.1. The molecule has 1 atom stereocenters. The van der Waals surface area contributed by atoms with Gasteiger partial charge in [-0.15, -0.1) is 0 Å². The van der Waals surface area contributed by atoms with Crippen LogP contribution < -0.4 is 5.32 Å². The molecule has 1 aromatic carbocycles. The zero-order chi connectivity index (χ0) is 15.3. The summed E-state index contributed by atoms with van der Waals surface area (Å²) in [6.45, 7) is 3.33. The van der Waals surface area contributed by atoms with E-state index >= 15 is 0 Å². The van der Waals surface area contributed by atoms with Crippen molar-refractivity contribution in [3.63, 3.8) is 0 Å². The summed E-state index contributed by atoms with van der Waals surface area (Å²) in [5.41, 5.74) is 1.03. The number of amides is 1. The molecule has 5 nitrogen and oxygen atoms in total. The highest BCUT2D eigenvalue weighted by atomic mass is 79.9. The normalized spacial score (nSPS) is 12.0. The molecule has 6 heteroatoms. The number of aromatic hydroxyl groups is 1. The molecule has 0 aliphatic rings. The Kier molecular flexibility index (Phi) is 6.16. The van der Waals surface area contributed by atoms with Crippen LogP contribution in [-0.2, 0) is 4.79 Å². The number of Topliss-reactive ketones (excluding diaryl/α,β-unsaturated/α-hetero) is 1. The van der Waals surface area contributed by atoms with Crippen molar-refractivity contribution in [2.75, 3.05) is 6.61 Å². The minimum absolute atomic E-state index is 0.00699. The van der Waals surface area contributed by atoms with Gasteiger partial charge in [0.25, 0.3) is 0 Å². The number of hydrogen-bond acceptors (Lipinski definition) is 4. The Labute approximate surface area is 126 Å². The number of hydrogen-bond donors (Lipinski definition) is 3. The van der Waals surface area contributed by atoms with Crippen LogP contribution in [0.25, 0.3) is 0 Å². The molecule has 0 aliphatic heterocycles. The number of carbonyl (C=O) groups excluding carboxylic acids is 2. The van der Waals surface area contributed by atoms with E-state index in [1.165, 1.54) is 6.07 Å². The summed E-state index contributed by atoms with van der Waals surface area (Å²) < 4.78 is 0.733. The van der Waals surface area contributed by atoms with Crippen LogP contribution in [-0.4, -0.2) is 34.6 Å². The van der Waals surface area contributed by atoms with Gasteiger partial charge in [-0.3, -0.25) is 9.59 Å². The highest BCUT2D eigenvalue weighted by Gasteiger charge is 2.15. The number of nitrogens with one attached hydrogen (secondary N) is 1. The third-order valence-corrected chi connectivity index (χ3v) is 3.69. The molecule has 0 heterocycles. The second-order valence-corrected chi connectivity index (χ2v) is 5.55. The molecule has 20 heavy (non-hydrogen) atoms. The number of phenols is 1. The van der Waals surface area contributed by atoms with Gasteiger partial charge in [0.1, 0.15) is 5.75 Å². The fourth-order valence-electron chi connectivity index (χ4n) is 1.64. The molecule has 0 spiro atoms. The number of benzene rings is 1. The van der Waals surface area contributed by atoms with Gasteiger partial charge < -0.3 is 15.5 Å². The lowest BCUT2D eigenvalue weighted by Gasteiger charge is -2.11. The fraction of sp³-hybridized carbons (Fsp3) is 0.429. The minimum Gasteiger partial charge on any atom is -0.507 e. The van der Waals surface area contributed by atoms with Crippen molar-refractivity contribution in [1.29, 1.82) is 0 Å².